The van der Waals surface area contributed by atoms with Gasteiger partial charge in [-0.1, -0.05) is 18.2 Å². The molecule has 2 amide bonds. The number of nitrogens with one attached hydrogen (secondary N) is 2. The van der Waals surface area contributed by atoms with E-state index >= 15 is 0 Å². The van der Waals surface area contributed by atoms with Crippen LogP contribution in [0.3, 0.4) is 0 Å². The molecule has 142 valence electrons. The van der Waals surface area contributed by atoms with Crippen LogP contribution in [-0.2, 0) is 22.3 Å². The van der Waals surface area contributed by atoms with Gasteiger partial charge in [0.15, 0.2) is 0 Å². The Morgan fingerprint density at radius 2 is 1.96 bits per heavy atom. The maximum atomic E-state index is 13.1. The highest BCUT2D eigenvalue weighted by atomic mass is 19.4. The lowest BCUT2D eigenvalue weighted by atomic mass is 10.1. The molecule has 2 N–H and O–H groups in total. The van der Waals surface area contributed by atoms with Gasteiger partial charge in [0.25, 0.3) is 0 Å². The number of carbonyl (C=O) groups excluding carboxylic acids is 2. The average Bonchev–Trinajstić information content (AvgIpc) is 2.54. The summed E-state index contributed by atoms with van der Waals surface area (Å²) in [5.41, 5.74) is -0.0246. The Morgan fingerprint density at radius 3 is 2.62 bits per heavy atom. The van der Waals surface area contributed by atoms with Crippen molar-refractivity contribution in [2.75, 3.05) is 26.7 Å². The summed E-state index contributed by atoms with van der Waals surface area (Å²) in [5.74, 6) is -0.570. The van der Waals surface area contributed by atoms with Crippen molar-refractivity contribution in [3.8, 4) is 0 Å². The molecule has 1 aromatic rings. The van der Waals surface area contributed by atoms with E-state index in [9.17, 15) is 22.8 Å². The zero-order valence-electron chi connectivity index (χ0n) is 14.4. The molecular formula is C17H20F3N3O3. The van der Waals surface area contributed by atoms with Crippen molar-refractivity contribution in [3.63, 3.8) is 0 Å². The molecule has 0 aliphatic carbocycles. The second kappa shape index (κ2) is 8.22. The van der Waals surface area contributed by atoms with Gasteiger partial charge < -0.3 is 15.4 Å². The van der Waals surface area contributed by atoms with E-state index in [-0.39, 0.29) is 37.4 Å². The number of amides is 2. The molecule has 26 heavy (non-hydrogen) atoms. The summed E-state index contributed by atoms with van der Waals surface area (Å²) in [4.78, 5) is 25.1. The van der Waals surface area contributed by atoms with E-state index in [2.05, 4.69) is 10.6 Å². The molecule has 1 aromatic carbocycles. The number of rotatable bonds is 6. The molecule has 1 aliphatic heterocycles. The number of ether oxygens (including phenoxy) is 1. The van der Waals surface area contributed by atoms with Crippen LogP contribution in [0.5, 0.6) is 0 Å². The van der Waals surface area contributed by atoms with Crippen LogP contribution in [0.25, 0.3) is 0 Å². The highest BCUT2D eigenvalue weighted by Crippen LogP contribution is 2.32. The molecule has 9 heteroatoms. The van der Waals surface area contributed by atoms with E-state index in [4.69, 9.17) is 4.74 Å². The van der Waals surface area contributed by atoms with E-state index in [1.807, 2.05) is 0 Å². The number of halogens is 3. The fourth-order valence-corrected chi connectivity index (χ4v) is 2.63. The van der Waals surface area contributed by atoms with Crippen molar-refractivity contribution in [1.29, 1.82) is 0 Å². The van der Waals surface area contributed by atoms with Crippen LogP contribution in [0.1, 0.15) is 18.1 Å². The largest absolute Gasteiger partial charge is 0.463 e. The topological polar surface area (TPSA) is 70.7 Å². The lowest BCUT2D eigenvalue weighted by Gasteiger charge is -2.26. The van der Waals surface area contributed by atoms with E-state index in [0.717, 1.165) is 6.07 Å². The van der Waals surface area contributed by atoms with Gasteiger partial charge in [-0.3, -0.25) is 4.90 Å². The number of hydrogen-bond donors (Lipinski definition) is 2. The predicted octanol–water partition coefficient (Wildman–Crippen LogP) is 2.27. The number of benzene rings is 1. The van der Waals surface area contributed by atoms with Crippen LogP contribution in [-0.4, -0.2) is 43.6 Å². The van der Waals surface area contributed by atoms with Crippen LogP contribution in [0.4, 0.5) is 18.0 Å². The Morgan fingerprint density at radius 1 is 1.27 bits per heavy atom. The number of likely N-dealkylation sites (N-methyl/N-ethyl adjacent to an activating group) is 1. The normalized spacial score (nSPS) is 14.9. The number of carbonyl (C=O) groups is 2. The summed E-state index contributed by atoms with van der Waals surface area (Å²) < 4.78 is 44.3. The highest BCUT2D eigenvalue weighted by Gasteiger charge is 2.33. The van der Waals surface area contributed by atoms with Crippen LogP contribution >= 0.6 is 0 Å². The molecule has 0 bridgehead atoms. The average molecular weight is 371 g/mol. The Balaban J connectivity index is 2.19. The second-order valence-electron chi connectivity index (χ2n) is 5.81. The van der Waals surface area contributed by atoms with Gasteiger partial charge in [0.05, 0.1) is 24.3 Å². The van der Waals surface area contributed by atoms with Gasteiger partial charge in [-0.25, -0.2) is 9.59 Å². The number of urea groups is 1. The summed E-state index contributed by atoms with van der Waals surface area (Å²) in [6.45, 7) is 1.94. The summed E-state index contributed by atoms with van der Waals surface area (Å²) in [6, 6.07) is 4.83. The molecular weight excluding hydrogens is 351 g/mol. The van der Waals surface area contributed by atoms with Gasteiger partial charge in [-0.05, 0) is 25.6 Å². The fraction of sp³-hybridized carbons (Fsp3) is 0.412. The van der Waals surface area contributed by atoms with Crippen molar-refractivity contribution in [3.05, 3.63) is 46.7 Å². The molecule has 0 aromatic heterocycles. The van der Waals surface area contributed by atoms with Crippen molar-refractivity contribution in [2.24, 2.45) is 0 Å². The van der Waals surface area contributed by atoms with Gasteiger partial charge in [0.1, 0.15) is 0 Å². The lowest BCUT2D eigenvalue weighted by Crippen LogP contribution is -2.46. The maximum Gasteiger partial charge on any atom is 0.416 e. The molecule has 0 radical (unpaired) electrons. The van der Waals surface area contributed by atoms with Gasteiger partial charge >= 0.3 is 18.2 Å². The van der Waals surface area contributed by atoms with Gasteiger partial charge in [0, 0.05) is 18.8 Å². The number of alkyl halides is 3. The molecule has 0 saturated heterocycles. The summed E-state index contributed by atoms with van der Waals surface area (Å²) in [5, 5.41) is 5.01. The van der Waals surface area contributed by atoms with E-state index < -0.39 is 23.7 Å². The van der Waals surface area contributed by atoms with Crippen molar-refractivity contribution >= 4 is 12.0 Å². The lowest BCUT2D eigenvalue weighted by molar-refractivity contribution is -0.139. The van der Waals surface area contributed by atoms with E-state index in [1.165, 1.54) is 18.2 Å². The third-order valence-electron chi connectivity index (χ3n) is 3.77. The number of hydrogen-bond acceptors (Lipinski definition) is 4. The first-order chi connectivity index (χ1) is 12.2. The fourth-order valence-electron chi connectivity index (χ4n) is 2.63. The minimum atomic E-state index is -4.45. The summed E-state index contributed by atoms with van der Waals surface area (Å²) >= 11 is 0. The maximum absolute atomic E-state index is 13.1. The molecule has 2 rings (SSSR count). The highest BCUT2D eigenvalue weighted by molar-refractivity contribution is 5.93. The zero-order chi connectivity index (χ0) is 19.3. The standard InChI is InChI=1S/C17H20F3N3O3/c1-3-26-15(24)12-8-21-16(25)22-14(12)10-23(2)9-11-6-4-5-7-13(11)17(18,19)20/h4-7H,3,8-10H2,1-2H3,(H2,21,22,25). The van der Waals surface area contributed by atoms with Gasteiger partial charge in [-0.15, -0.1) is 0 Å². The van der Waals surface area contributed by atoms with E-state index in [0.29, 0.717) is 5.70 Å². The SMILES string of the molecule is CCOC(=O)C1=C(CN(C)Cc2ccccc2C(F)(F)F)NC(=O)NC1. The van der Waals surface area contributed by atoms with Crippen molar-refractivity contribution < 1.29 is 27.5 Å². The Bertz CT molecular complexity index is 717. The van der Waals surface area contributed by atoms with E-state index in [1.54, 1.807) is 18.9 Å². The third-order valence-corrected chi connectivity index (χ3v) is 3.77. The summed E-state index contributed by atoms with van der Waals surface area (Å²) in [7, 11) is 1.61. The number of esters is 1. The molecule has 0 spiro atoms. The first-order valence-corrected chi connectivity index (χ1v) is 8.00. The Kier molecular flexibility index (Phi) is 6.25. The first kappa shape index (κ1) is 19.8. The Labute approximate surface area is 149 Å². The van der Waals surface area contributed by atoms with Crippen molar-refractivity contribution in [1.82, 2.24) is 15.5 Å². The quantitative estimate of drug-likeness (QED) is 0.753. The monoisotopic (exact) mass is 371 g/mol. The van der Waals surface area contributed by atoms with Crippen LogP contribution in [0.15, 0.2) is 35.5 Å². The predicted molar refractivity (Wildman–Crippen MR) is 88.0 cm³/mol. The van der Waals surface area contributed by atoms with Gasteiger partial charge in [-0.2, -0.15) is 13.2 Å². The second-order valence-corrected chi connectivity index (χ2v) is 5.81. The minimum absolute atomic E-state index is 0.00140. The first-order valence-electron chi connectivity index (χ1n) is 8.00. The smallest absolute Gasteiger partial charge is 0.416 e. The van der Waals surface area contributed by atoms with Crippen LogP contribution in [0.2, 0.25) is 0 Å². The van der Waals surface area contributed by atoms with Gasteiger partial charge in [0.2, 0.25) is 0 Å². The Hall–Kier alpha value is -2.55. The number of nitrogens with zero attached hydrogens (tertiary/aromatic N) is 1. The summed E-state index contributed by atoms with van der Waals surface area (Å²) in [6.07, 6.45) is -4.45. The van der Waals surface area contributed by atoms with Crippen LogP contribution < -0.4 is 10.6 Å². The molecule has 1 heterocycles. The van der Waals surface area contributed by atoms with Crippen LogP contribution in [0, 0.1) is 0 Å². The minimum Gasteiger partial charge on any atom is -0.463 e. The zero-order valence-corrected chi connectivity index (χ0v) is 14.4. The third kappa shape index (κ3) is 4.98. The molecule has 1 aliphatic rings. The molecule has 0 saturated carbocycles. The van der Waals surface area contributed by atoms with Crippen molar-refractivity contribution in [2.45, 2.75) is 19.6 Å². The molecule has 0 fully saturated rings. The molecule has 0 atom stereocenters. The molecule has 6 nitrogen and oxygen atoms in total. The molecule has 0 unspecified atom stereocenters.